The Morgan fingerprint density at radius 2 is 2.20 bits per heavy atom. The highest BCUT2D eigenvalue weighted by atomic mass is 32.1. The third-order valence-electron chi connectivity index (χ3n) is 1.26. The monoisotopic (exact) mass is 151 g/mol. The van der Waals surface area contributed by atoms with Gasteiger partial charge in [-0.1, -0.05) is 0 Å². The second-order valence-corrected chi connectivity index (χ2v) is 2.59. The molecule has 2 heterocycles. The highest BCUT2D eigenvalue weighted by Crippen LogP contribution is 2.07. The first-order valence-electron chi connectivity index (χ1n) is 2.92. The third-order valence-corrected chi connectivity index (χ3v) is 1.79. The minimum absolute atomic E-state index is 0.755. The maximum Gasteiger partial charge on any atom is 0.193 e. The number of aromatic nitrogens is 3. The Hall–Kier alpha value is -1.03. The zero-order chi connectivity index (χ0) is 6.97. The van der Waals surface area contributed by atoms with Crippen molar-refractivity contribution in [2.45, 2.75) is 6.92 Å². The number of fused-ring (bicyclic) bond motifs is 1. The first-order valence-corrected chi connectivity index (χ1v) is 3.65. The molecule has 0 unspecified atom stereocenters. The summed E-state index contributed by atoms with van der Waals surface area (Å²) < 4.78 is 8.03. The van der Waals surface area contributed by atoms with Crippen LogP contribution in [-0.4, -0.2) is 13.7 Å². The maximum atomic E-state index is 4.17. The van der Waals surface area contributed by atoms with E-state index >= 15 is 0 Å². The summed E-state index contributed by atoms with van der Waals surface area (Å²) in [5.74, 6) is 0. The molecule has 4 heteroatoms. The Labute approximate surface area is 62.1 Å². The normalized spacial score (nSPS) is 10.5. The molecular weight excluding hydrogens is 146 g/mol. The van der Waals surface area contributed by atoms with Gasteiger partial charge in [-0.3, -0.25) is 0 Å². The Morgan fingerprint density at radius 1 is 1.30 bits per heavy atom. The highest BCUT2D eigenvalue weighted by Gasteiger charge is 1.96. The molecule has 0 aliphatic heterocycles. The molecule has 0 saturated carbocycles. The van der Waals surface area contributed by atoms with E-state index in [4.69, 9.17) is 0 Å². The zero-order valence-electron chi connectivity index (χ0n) is 5.40. The van der Waals surface area contributed by atoms with Crippen molar-refractivity contribution in [3.63, 3.8) is 0 Å². The van der Waals surface area contributed by atoms with Gasteiger partial charge >= 0.3 is 0 Å². The molecule has 2 aromatic heterocycles. The second-order valence-electron chi connectivity index (χ2n) is 2.06. The highest BCUT2D eigenvalue weighted by molar-refractivity contribution is 7.00. The molecule has 0 aliphatic carbocycles. The van der Waals surface area contributed by atoms with Crippen molar-refractivity contribution in [2.24, 2.45) is 0 Å². The predicted octanol–water partition coefficient (Wildman–Crippen LogP) is 1.39. The van der Waals surface area contributed by atoms with Gasteiger partial charge in [0, 0.05) is 5.69 Å². The molecule has 0 radical (unpaired) electrons. The molecule has 2 rings (SSSR count). The molecule has 3 nitrogen and oxygen atoms in total. The predicted molar refractivity (Wildman–Crippen MR) is 39.9 cm³/mol. The van der Waals surface area contributed by atoms with Crippen molar-refractivity contribution in [1.82, 2.24) is 13.7 Å². The fourth-order valence-electron chi connectivity index (χ4n) is 0.777. The standard InChI is InChI=1S/C6H5N3S/c1-4-2-3-5-6(7-4)9-10-8-5/h2-3H,1H3. The lowest BCUT2D eigenvalue weighted by molar-refractivity contribution is 1.23. The van der Waals surface area contributed by atoms with E-state index < -0.39 is 0 Å². The fraction of sp³-hybridized carbons (Fsp3) is 0.167. The van der Waals surface area contributed by atoms with Crippen LogP contribution >= 0.6 is 11.7 Å². The molecule has 0 atom stereocenters. The number of aryl methyl sites for hydroxylation is 1. The van der Waals surface area contributed by atoms with E-state index in [2.05, 4.69) is 13.7 Å². The number of rotatable bonds is 0. The lowest BCUT2D eigenvalue weighted by Gasteiger charge is -1.86. The summed E-state index contributed by atoms with van der Waals surface area (Å²) in [4.78, 5) is 4.17. The molecular formula is C6H5N3S. The van der Waals surface area contributed by atoms with Gasteiger partial charge in [-0.2, -0.15) is 8.75 Å². The van der Waals surface area contributed by atoms with E-state index in [9.17, 15) is 0 Å². The molecule has 2 aromatic rings. The van der Waals surface area contributed by atoms with E-state index in [0.29, 0.717) is 0 Å². The van der Waals surface area contributed by atoms with Gasteiger partial charge in [-0.15, -0.1) is 0 Å². The Morgan fingerprint density at radius 3 is 3.10 bits per heavy atom. The lowest BCUT2D eigenvalue weighted by Crippen LogP contribution is -1.79. The third kappa shape index (κ3) is 0.769. The molecule has 0 N–H and O–H groups in total. The average Bonchev–Trinajstić information content (AvgIpc) is 2.33. The van der Waals surface area contributed by atoms with Crippen molar-refractivity contribution >= 4 is 22.9 Å². The maximum absolute atomic E-state index is 4.17. The van der Waals surface area contributed by atoms with E-state index in [1.807, 2.05) is 19.1 Å². The molecule has 0 aliphatic rings. The van der Waals surface area contributed by atoms with Gasteiger partial charge in [-0.05, 0) is 19.1 Å². The summed E-state index contributed by atoms with van der Waals surface area (Å²) >= 11 is 1.20. The summed E-state index contributed by atoms with van der Waals surface area (Å²) in [5.41, 5.74) is 2.63. The first kappa shape index (κ1) is 5.73. The van der Waals surface area contributed by atoms with Crippen molar-refractivity contribution in [2.75, 3.05) is 0 Å². The molecule has 0 spiro atoms. The molecule has 50 valence electrons. The van der Waals surface area contributed by atoms with Crippen molar-refractivity contribution in [3.05, 3.63) is 17.8 Å². The van der Waals surface area contributed by atoms with Crippen molar-refractivity contribution < 1.29 is 0 Å². The van der Waals surface area contributed by atoms with Crippen molar-refractivity contribution in [3.8, 4) is 0 Å². The van der Waals surface area contributed by atoms with Gasteiger partial charge in [0.2, 0.25) is 0 Å². The summed E-state index contributed by atoms with van der Waals surface area (Å²) in [6.45, 7) is 1.94. The molecule has 10 heavy (non-hydrogen) atoms. The Kier molecular flexibility index (Phi) is 1.14. The minimum Gasteiger partial charge on any atom is -0.231 e. The van der Waals surface area contributed by atoms with Gasteiger partial charge in [0.15, 0.2) is 5.65 Å². The SMILES string of the molecule is Cc1ccc2nsnc2n1. The number of hydrogen-bond donors (Lipinski definition) is 0. The number of pyridine rings is 1. The lowest BCUT2D eigenvalue weighted by atomic mass is 10.4. The van der Waals surface area contributed by atoms with E-state index in [0.717, 1.165) is 16.9 Å². The van der Waals surface area contributed by atoms with Gasteiger partial charge in [-0.25, -0.2) is 4.98 Å². The molecule has 0 saturated heterocycles. The molecule has 0 fully saturated rings. The Balaban J connectivity index is 2.86. The summed E-state index contributed by atoms with van der Waals surface area (Å²) in [5, 5.41) is 0. The molecule has 0 bridgehead atoms. The first-order chi connectivity index (χ1) is 4.86. The summed E-state index contributed by atoms with van der Waals surface area (Å²) in [6, 6.07) is 3.87. The van der Waals surface area contributed by atoms with Crippen LogP contribution in [-0.2, 0) is 0 Å². The quantitative estimate of drug-likeness (QED) is 0.571. The number of hydrogen-bond acceptors (Lipinski definition) is 4. The van der Waals surface area contributed by atoms with Crippen LogP contribution in [0, 0.1) is 6.92 Å². The van der Waals surface area contributed by atoms with Crippen LogP contribution in [0.1, 0.15) is 5.69 Å². The van der Waals surface area contributed by atoms with Gasteiger partial charge in [0.1, 0.15) is 5.52 Å². The Bertz CT molecular complexity index is 355. The molecule has 0 amide bonds. The largest absolute Gasteiger partial charge is 0.231 e. The topological polar surface area (TPSA) is 38.7 Å². The summed E-state index contributed by atoms with van der Waals surface area (Å²) in [6.07, 6.45) is 0. The van der Waals surface area contributed by atoms with Gasteiger partial charge in [0.25, 0.3) is 0 Å². The van der Waals surface area contributed by atoms with Crippen LogP contribution < -0.4 is 0 Å². The van der Waals surface area contributed by atoms with Crippen molar-refractivity contribution in [1.29, 1.82) is 0 Å². The van der Waals surface area contributed by atoms with Crippen LogP contribution in [0.3, 0.4) is 0 Å². The number of nitrogens with zero attached hydrogens (tertiary/aromatic N) is 3. The van der Waals surface area contributed by atoms with Gasteiger partial charge < -0.3 is 0 Å². The van der Waals surface area contributed by atoms with E-state index in [-0.39, 0.29) is 0 Å². The minimum atomic E-state index is 0.755. The average molecular weight is 151 g/mol. The summed E-state index contributed by atoms with van der Waals surface area (Å²) in [7, 11) is 0. The van der Waals surface area contributed by atoms with Crippen LogP contribution in [0.2, 0.25) is 0 Å². The second kappa shape index (κ2) is 1.98. The molecule has 0 aromatic carbocycles. The van der Waals surface area contributed by atoms with Crippen LogP contribution in [0.25, 0.3) is 11.2 Å². The zero-order valence-corrected chi connectivity index (χ0v) is 6.22. The van der Waals surface area contributed by atoms with Gasteiger partial charge in [0.05, 0.1) is 11.7 Å². The van der Waals surface area contributed by atoms with Crippen LogP contribution in [0.4, 0.5) is 0 Å². The van der Waals surface area contributed by atoms with Crippen LogP contribution in [0.15, 0.2) is 12.1 Å². The van der Waals surface area contributed by atoms with Crippen LogP contribution in [0.5, 0.6) is 0 Å². The van der Waals surface area contributed by atoms with E-state index in [1.165, 1.54) is 11.7 Å². The smallest absolute Gasteiger partial charge is 0.193 e. The van der Waals surface area contributed by atoms with E-state index in [1.54, 1.807) is 0 Å². The fourth-order valence-corrected chi connectivity index (χ4v) is 1.26.